The average molecular weight is 389 g/mol. The average Bonchev–Trinajstić information content (AvgIpc) is 2.90. The van der Waals surface area contributed by atoms with E-state index in [2.05, 4.69) is 30.8 Å². The van der Waals surface area contributed by atoms with Crippen LogP contribution in [0.25, 0.3) is 0 Å². The summed E-state index contributed by atoms with van der Waals surface area (Å²) >= 11 is 0. The van der Waals surface area contributed by atoms with Gasteiger partial charge in [0, 0.05) is 13.0 Å². The monoisotopic (exact) mass is 389 g/mol. The highest BCUT2D eigenvalue weighted by Gasteiger charge is 2.25. The Morgan fingerprint density at radius 1 is 1.31 bits per heavy atom. The Kier molecular flexibility index (Phi) is 11.9. The molecule has 0 unspecified atom stereocenters. The van der Waals surface area contributed by atoms with Gasteiger partial charge >= 0.3 is 0 Å². The summed E-state index contributed by atoms with van der Waals surface area (Å²) in [7, 11) is -4.08. The topological polar surface area (TPSA) is 147 Å². The van der Waals surface area contributed by atoms with Gasteiger partial charge in [-0.05, 0) is 38.6 Å². The molecule has 0 radical (unpaired) electrons. The molecule has 9 nitrogen and oxygen atoms in total. The fourth-order valence-corrected chi connectivity index (χ4v) is 2.72. The highest BCUT2D eigenvalue weighted by molar-refractivity contribution is 7.85. The van der Waals surface area contributed by atoms with Gasteiger partial charge in [-0.2, -0.15) is 8.42 Å². The number of nitrogens with zero attached hydrogens (tertiary/aromatic N) is 1. The molecular weight excluding hydrogens is 362 g/mol. The molecule has 0 aliphatic carbocycles. The third-order valence-corrected chi connectivity index (χ3v) is 3.81. The third-order valence-electron chi connectivity index (χ3n) is 2.72. The molecule has 0 aromatic heterocycles. The van der Waals surface area contributed by atoms with Gasteiger partial charge in [0.2, 0.25) is 17.7 Å². The second kappa shape index (κ2) is 12.0. The molecule has 0 aromatic rings. The number of carbonyl (C=O) groups is 3. The number of nitrogens with one attached hydrogen (secondary N) is 1. The van der Waals surface area contributed by atoms with Crippen molar-refractivity contribution in [3.63, 3.8) is 0 Å². The van der Waals surface area contributed by atoms with Crippen molar-refractivity contribution < 1.29 is 27.4 Å². The first-order valence-corrected chi connectivity index (χ1v) is 9.12. The summed E-state index contributed by atoms with van der Waals surface area (Å²) in [6.07, 6.45) is 5.37. The van der Waals surface area contributed by atoms with Crippen molar-refractivity contribution in [3.8, 4) is 0 Å². The van der Waals surface area contributed by atoms with Gasteiger partial charge in [-0.15, -0.1) is 0 Å². The molecule has 3 amide bonds. The predicted molar refractivity (Wildman–Crippen MR) is 99.4 cm³/mol. The normalized spacial score (nSPS) is 13.3. The first-order valence-electron chi connectivity index (χ1n) is 7.51. The predicted octanol–water partition coefficient (Wildman–Crippen LogP) is 0.365. The van der Waals surface area contributed by atoms with Crippen molar-refractivity contribution >= 4 is 27.8 Å². The molecule has 1 saturated heterocycles. The zero-order chi connectivity index (χ0) is 21.0. The summed E-state index contributed by atoms with van der Waals surface area (Å²) in [6, 6.07) is 0. The van der Waals surface area contributed by atoms with Gasteiger partial charge in [0.1, 0.15) is 0 Å². The Hall–Kier alpha value is -2.46. The molecule has 10 heteroatoms. The quantitative estimate of drug-likeness (QED) is 0.441. The maximum Gasteiger partial charge on any atom is 0.267 e. The molecule has 1 fully saturated rings. The van der Waals surface area contributed by atoms with Crippen LogP contribution in [-0.2, 0) is 24.5 Å². The van der Waals surface area contributed by atoms with Gasteiger partial charge in [0.15, 0.2) is 0 Å². The van der Waals surface area contributed by atoms with E-state index in [1.807, 2.05) is 0 Å². The lowest BCUT2D eigenvalue weighted by atomic mass is 10.1. The third kappa shape index (κ3) is 15.1. The number of nitrogens with two attached hydrogens (primary N) is 1. The zero-order valence-corrected chi connectivity index (χ0v) is 15.9. The summed E-state index contributed by atoms with van der Waals surface area (Å²) in [5.41, 5.74) is 3.53. The van der Waals surface area contributed by atoms with Crippen molar-refractivity contribution in [1.82, 2.24) is 10.2 Å². The minimum atomic E-state index is -4.08. The van der Waals surface area contributed by atoms with Crippen molar-refractivity contribution in [3.05, 3.63) is 38.1 Å². The van der Waals surface area contributed by atoms with E-state index >= 15 is 0 Å². The number of amides is 3. The lowest BCUT2D eigenvalue weighted by molar-refractivity contribution is -0.125. The molecule has 0 spiro atoms. The van der Waals surface area contributed by atoms with E-state index in [0.717, 1.165) is 25.1 Å². The maximum absolute atomic E-state index is 10.8. The highest BCUT2D eigenvalue weighted by atomic mass is 32.2. The number of hydrogen-bond acceptors (Lipinski definition) is 5. The summed E-state index contributed by atoms with van der Waals surface area (Å²) in [4.78, 5) is 32.6. The second-order valence-electron chi connectivity index (χ2n) is 5.78. The SMILES string of the molecule is C=CC(=O)NC(C)(C)CS(=O)(=O)O.C=CC(N)=O.C=CN1CCCC1=O. The van der Waals surface area contributed by atoms with Crippen LogP contribution in [0.1, 0.15) is 26.7 Å². The van der Waals surface area contributed by atoms with Crippen LogP contribution in [0.4, 0.5) is 0 Å². The minimum absolute atomic E-state index is 0.208. The van der Waals surface area contributed by atoms with Crippen molar-refractivity contribution in [1.29, 1.82) is 0 Å². The molecule has 1 aliphatic rings. The highest BCUT2D eigenvalue weighted by Crippen LogP contribution is 2.08. The standard InChI is InChI=1S/C7H13NO4S.C6H9NO.C3H5NO/c1-4-6(9)8-7(2,3)5-13(10,11)12;1-2-7-5-3-4-6(7)8;1-2-3(4)5/h4H,1,5H2,2-3H3,(H,8,9)(H,10,11,12);2H,1,3-5H2;2H,1H2,(H2,4,5). The molecule has 26 heavy (non-hydrogen) atoms. The Morgan fingerprint density at radius 3 is 2.04 bits per heavy atom. The second-order valence-corrected chi connectivity index (χ2v) is 7.24. The first kappa shape index (κ1) is 25.8. The maximum atomic E-state index is 10.8. The van der Waals surface area contributed by atoms with E-state index in [9.17, 15) is 22.8 Å². The number of rotatable bonds is 6. The molecular formula is C16H27N3O6S. The summed E-state index contributed by atoms with van der Waals surface area (Å²) in [5.74, 6) is -1.28. The van der Waals surface area contributed by atoms with Gasteiger partial charge in [-0.1, -0.05) is 19.7 Å². The van der Waals surface area contributed by atoms with Crippen LogP contribution in [0, 0.1) is 0 Å². The summed E-state index contributed by atoms with van der Waals surface area (Å²) in [5, 5.41) is 2.37. The Morgan fingerprint density at radius 2 is 1.81 bits per heavy atom. The van der Waals surface area contributed by atoms with E-state index in [-0.39, 0.29) is 5.91 Å². The Balaban J connectivity index is 0. The molecule has 0 aromatic carbocycles. The molecule has 0 saturated carbocycles. The van der Waals surface area contributed by atoms with Crippen LogP contribution < -0.4 is 11.1 Å². The lowest BCUT2D eigenvalue weighted by Crippen LogP contribution is -2.47. The summed E-state index contributed by atoms with van der Waals surface area (Å²) < 4.78 is 29.5. The van der Waals surface area contributed by atoms with Crippen LogP contribution in [0.5, 0.6) is 0 Å². The Labute approximate surface area is 154 Å². The van der Waals surface area contributed by atoms with E-state index in [1.165, 1.54) is 13.8 Å². The van der Waals surface area contributed by atoms with Crippen LogP contribution >= 0.6 is 0 Å². The van der Waals surface area contributed by atoms with E-state index in [4.69, 9.17) is 4.55 Å². The molecule has 1 rings (SSSR count). The zero-order valence-electron chi connectivity index (χ0n) is 15.1. The molecule has 1 heterocycles. The van der Waals surface area contributed by atoms with Gasteiger partial charge in [0.25, 0.3) is 10.1 Å². The molecule has 4 N–H and O–H groups in total. The minimum Gasteiger partial charge on any atom is -0.366 e. The summed E-state index contributed by atoms with van der Waals surface area (Å²) in [6.45, 7) is 13.6. The first-order chi connectivity index (χ1) is 11.8. The molecule has 0 atom stereocenters. The van der Waals surface area contributed by atoms with Gasteiger partial charge in [-0.3, -0.25) is 18.9 Å². The van der Waals surface area contributed by atoms with Crippen LogP contribution in [-0.4, -0.2) is 53.4 Å². The van der Waals surface area contributed by atoms with Crippen LogP contribution in [0.3, 0.4) is 0 Å². The molecule has 0 bridgehead atoms. The number of hydrogen-bond donors (Lipinski definition) is 3. The lowest BCUT2D eigenvalue weighted by Gasteiger charge is -2.23. The number of likely N-dealkylation sites (tertiary alicyclic amines) is 1. The fourth-order valence-electron chi connectivity index (χ4n) is 1.74. The smallest absolute Gasteiger partial charge is 0.267 e. The number of primary amides is 1. The molecule has 148 valence electrons. The van der Waals surface area contributed by atoms with E-state index < -0.39 is 33.2 Å². The van der Waals surface area contributed by atoms with Gasteiger partial charge in [0.05, 0.1) is 11.3 Å². The van der Waals surface area contributed by atoms with Crippen LogP contribution in [0.15, 0.2) is 38.1 Å². The number of carbonyl (C=O) groups excluding carboxylic acids is 3. The Bertz CT molecular complexity index is 640. The van der Waals surface area contributed by atoms with Gasteiger partial charge < -0.3 is 16.0 Å². The van der Waals surface area contributed by atoms with E-state index in [0.29, 0.717) is 6.42 Å². The largest absolute Gasteiger partial charge is 0.366 e. The van der Waals surface area contributed by atoms with Crippen molar-refractivity contribution in [2.24, 2.45) is 5.73 Å². The van der Waals surface area contributed by atoms with Crippen LogP contribution in [0.2, 0.25) is 0 Å². The molecule has 1 aliphatic heterocycles. The fraction of sp³-hybridized carbons (Fsp3) is 0.438. The van der Waals surface area contributed by atoms with Crippen molar-refractivity contribution in [2.45, 2.75) is 32.2 Å². The van der Waals surface area contributed by atoms with Gasteiger partial charge in [-0.25, -0.2) is 0 Å². The van der Waals surface area contributed by atoms with E-state index in [1.54, 1.807) is 11.1 Å². The van der Waals surface area contributed by atoms with Crippen molar-refractivity contribution in [2.75, 3.05) is 12.3 Å².